The molecule has 1 saturated carbocycles. The minimum absolute atomic E-state index is 0.0928. The van der Waals surface area contributed by atoms with Crippen molar-refractivity contribution in [3.05, 3.63) is 29.3 Å². The van der Waals surface area contributed by atoms with Gasteiger partial charge in [-0.25, -0.2) is 0 Å². The van der Waals surface area contributed by atoms with Gasteiger partial charge >= 0.3 is 0 Å². The van der Waals surface area contributed by atoms with Gasteiger partial charge < -0.3 is 15.8 Å². The summed E-state index contributed by atoms with van der Waals surface area (Å²) in [6, 6.07) is 6.09. The Morgan fingerprint density at radius 3 is 2.71 bits per heavy atom. The number of nitrogens with two attached hydrogens (primary N) is 1. The fourth-order valence-electron chi connectivity index (χ4n) is 3.15. The lowest BCUT2D eigenvalue weighted by molar-refractivity contribution is -0.126. The Morgan fingerprint density at radius 1 is 1.33 bits per heavy atom. The number of carbonyl (C=O) groups is 1. The van der Waals surface area contributed by atoms with E-state index in [0.717, 1.165) is 36.1 Å². The fourth-order valence-corrected chi connectivity index (χ4v) is 3.15. The molecule has 0 aliphatic heterocycles. The Bertz CT molecular complexity index is 467. The highest BCUT2D eigenvalue weighted by Gasteiger charge is 2.31. The van der Waals surface area contributed by atoms with E-state index in [1.165, 1.54) is 0 Å². The number of hydrogen-bond acceptors (Lipinski definition) is 3. The van der Waals surface area contributed by atoms with Gasteiger partial charge in [0.2, 0.25) is 5.91 Å². The third kappa shape index (κ3) is 3.97. The summed E-state index contributed by atoms with van der Waals surface area (Å²) >= 11 is 0. The molecular weight excluding hydrogens is 264 g/mol. The van der Waals surface area contributed by atoms with E-state index in [1.54, 1.807) is 0 Å². The number of amides is 1. The monoisotopic (exact) mass is 290 g/mol. The van der Waals surface area contributed by atoms with Gasteiger partial charge in [-0.2, -0.15) is 0 Å². The minimum Gasteiger partial charge on any atom is -0.491 e. The molecule has 0 bridgehead atoms. The molecule has 1 aliphatic rings. The largest absolute Gasteiger partial charge is 0.491 e. The van der Waals surface area contributed by atoms with Crippen molar-refractivity contribution in [2.45, 2.75) is 33.1 Å². The average molecular weight is 290 g/mol. The Balaban J connectivity index is 1.76. The van der Waals surface area contributed by atoms with Crippen molar-refractivity contribution in [2.75, 3.05) is 19.7 Å². The number of ether oxygens (including phenoxy) is 1. The van der Waals surface area contributed by atoms with Crippen LogP contribution in [0, 0.1) is 25.7 Å². The van der Waals surface area contributed by atoms with Gasteiger partial charge in [-0.15, -0.1) is 0 Å². The van der Waals surface area contributed by atoms with Crippen LogP contribution in [0.5, 0.6) is 5.75 Å². The Morgan fingerprint density at radius 2 is 2.05 bits per heavy atom. The fraction of sp³-hybridized carbons (Fsp3) is 0.588. The predicted molar refractivity (Wildman–Crippen MR) is 84.3 cm³/mol. The highest BCUT2D eigenvalue weighted by molar-refractivity contribution is 5.79. The van der Waals surface area contributed by atoms with Gasteiger partial charge in [0, 0.05) is 5.92 Å². The third-order valence-electron chi connectivity index (χ3n) is 4.36. The molecule has 1 aromatic rings. The zero-order valence-corrected chi connectivity index (χ0v) is 13.0. The lowest BCUT2D eigenvalue weighted by atomic mass is 9.95. The van der Waals surface area contributed by atoms with E-state index in [0.29, 0.717) is 25.6 Å². The molecule has 0 aromatic heterocycles. The molecule has 2 rings (SSSR count). The van der Waals surface area contributed by atoms with Gasteiger partial charge in [-0.05, 0) is 50.3 Å². The molecule has 1 amide bonds. The molecule has 2 atom stereocenters. The maximum Gasteiger partial charge on any atom is 0.223 e. The third-order valence-corrected chi connectivity index (χ3v) is 4.36. The van der Waals surface area contributed by atoms with Gasteiger partial charge in [0.15, 0.2) is 0 Å². The molecule has 116 valence electrons. The van der Waals surface area contributed by atoms with E-state index < -0.39 is 0 Å². The Kier molecular flexibility index (Phi) is 5.62. The van der Waals surface area contributed by atoms with Crippen LogP contribution in [-0.2, 0) is 4.79 Å². The first-order valence-electron chi connectivity index (χ1n) is 7.80. The first-order valence-corrected chi connectivity index (χ1v) is 7.80. The minimum atomic E-state index is 0.0928. The van der Waals surface area contributed by atoms with Gasteiger partial charge in [0.1, 0.15) is 12.4 Å². The van der Waals surface area contributed by atoms with Crippen LogP contribution in [0.25, 0.3) is 0 Å². The lowest BCUT2D eigenvalue weighted by Crippen LogP contribution is -2.37. The van der Waals surface area contributed by atoms with Crippen LogP contribution >= 0.6 is 0 Å². The van der Waals surface area contributed by atoms with Gasteiger partial charge in [0.25, 0.3) is 0 Å². The maximum absolute atomic E-state index is 12.1. The smallest absolute Gasteiger partial charge is 0.223 e. The van der Waals surface area contributed by atoms with Crippen LogP contribution < -0.4 is 15.8 Å². The van der Waals surface area contributed by atoms with Gasteiger partial charge in [-0.3, -0.25) is 4.79 Å². The summed E-state index contributed by atoms with van der Waals surface area (Å²) in [6.45, 7) is 5.71. The Hall–Kier alpha value is -1.55. The number of benzene rings is 1. The van der Waals surface area contributed by atoms with Crippen molar-refractivity contribution in [3.8, 4) is 5.75 Å². The number of rotatable bonds is 6. The van der Waals surface area contributed by atoms with Crippen LogP contribution in [0.1, 0.15) is 30.4 Å². The first-order chi connectivity index (χ1) is 10.1. The van der Waals surface area contributed by atoms with Crippen molar-refractivity contribution in [1.82, 2.24) is 5.32 Å². The van der Waals surface area contributed by atoms with Crippen molar-refractivity contribution >= 4 is 5.91 Å². The van der Waals surface area contributed by atoms with Crippen LogP contribution in [0.4, 0.5) is 0 Å². The first kappa shape index (κ1) is 15.8. The molecule has 0 heterocycles. The summed E-state index contributed by atoms with van der Waals surface area (Å²) < 4.78 is 5.79. The zero-order valence-electron chi connectivity index (χ0n) is 13.0. The van der Waals surface area contributed by atoms with Crippen molar-refractivity contribution in [1.29, 1.82) is 0 Å². The molecule has 1 aromatic carbocycles. The van der Waals surface area contributed by atoms with E-state index in [4.69, 9.17) is 10.5 Å². The zero-order chi connectivity index (χ0) is 15.2. The highest BCUT2D eigenvalue weighted by Crippen LogP contribution is 2.30. The topological polar surface area (TPSA) is 64.3 Å². The standard InChI is InChI=1S/C17H26N2O2/c1-12-5-3-6-13(2)16(12)21-10-9-19-17(20)15-8-4-7-14(15)11-18/h3,5-6,14-15H,4,7-11,18H2,1-2H3,(H,19,20)/t14-,15-/m1/s1. The van der Waals surface area contributed by atoms with Gasteiger partial charge in [-0.1, -0.05) is 24.6 Å². The molecule has 1 aliphatic carbocycles. The van der Waals surface area contributed by atoms with Crippen LogP contribution in [0.15, 0.2) is 18.2 Å². The molecule has 4 heteroatoms. The number of aryl methyl sites for hydroxylation is 2. The molecule has 4 nitrogen and oxygen atoms in total. The predicted octanol–water partition coefficient (Wildman–Crippen LogP) is 2.17. The summed E-state index contributed by atoms with van der Waals surface area (Å²) in [5.74, 6) is 1.50. The second kappa shape index (κ2) is 7.46. The van der Waals surface area contributed by atoms with Gasteiger partial charge in [0.05, 0.1) is 6.54 Å². The van der Waals surface area contributed by atoms with E-state index in [2.05, 4.69) is 5.32 Å². The second-order valence-electron chi connectivity index (χ2n) is 5.89. The maximum atomic E-state index is 12.1. The summed E-state index contributed by atoms with van der Waals surface area (Å²) in [5, 5.41) is 2.98. The quantitative estimate of drug-likeness (QED) is 0.789. The molecule has 1 fully saturated rings. The molecule has 3 N–H and O–H groups in total. The summed E-state index contributed by atoms with van der Waals surface area (Å²) in [5.41, 5.74) is 7.97. The summed E-state index contributed by atoms with van der Waals surface area (Å²) in [7, 11) is 0. The lowest BCUT2D eigenvalue weighted by Gasteiger charge is -2.18. The Labute approximate surface area is 127 Å². The molecule has 0 radical (unpaired) electrons. The summed E-state index contributed by atoms with van der Waals surface area (Å²) in [4.78, 5) is 12.1. The van der Waals surface area contributed by atoms with Crippen molar-refractivity contribution in [3.63, 3.8) is 0 Å². The molecule has 0 saturated heterocycles. The van der Waals surface area contributed by atoms with E-state index in [-0.39, 0.29) is 11.8 Å². The molecule has 21 heavy (non-hydrogen) atoms. The highest BCUT2D eigenvalue weighted by atomic mass is 16.5. The number of nitrogens with one attached hydrogen (secondary N) is 1. The molecular formula is C17H26N2O2. The molecule has 0 spiro atoms. The number of hydrogen-bond donors (Lipinski definition) is 2. The van der Waals surface area contributed by atoms with E-state index >= 15 is 0 Å². The summed E-state index contributed by atoms with van der Waals surface area (Å²) in [6.07, 6.45) is 3.15. The molecule has 0 unspecified atom stereocenters. The SMILES string of the molecule is Cc1cccc(C)c1OCCNC(=O)[C@@H]1CCC[C@@H]1CN. The van der Waals surface area contributed by atoms with Crippen molar-refractivity contribution in [2.24, 2.45) is 17.6 Å². The van der Waals surface area contributed by atoms with Crippen LogP contribution in [0.3, 0.4) is 0 Å². The second-order valence-corrected chi connectivity index (χ2v) is 5.89. The average Bonchev–Trinajstić information content (AvgIpc) is 2.94. The van der Waals surface area contributed by atoms with E-state index in [9.17, 15) is 4.79 Å². The van der Waals surface area contributed by atoms with Crippen molar-refractivity contribution < 1.29 is 9.53 Å². The van der Waals surface area contributed by atoms with Crippen LogP contribution in [0.2, 0.25) is 0 Å². The number of para-hydroxylation sites is 1. The normalized spacial score (nSPS) is 21.3. The van der Waals surface area contributed by atoms with Crippen LogP contribution in [-0.4, -0.2) is 25.6 Å². The van der Waals surface area contributed by atoms with E-state index in [1.807, 2.05) is 32.0 Å². The number of carbonyl (C=O) groups excluding carboxylic acids is 1.